The van der Waals surface area contributed by atoms with E-state index in [9.17, 15) is 0 Å². The lowest BCUT2D eigenvalue weighted by Gasteiger charge is -1.85. The van der Waals surface area contributed by atoms with Gasteiger partial charge in [-0.15, -0.1) is 0 Å². The van der Waals surface area contributed by atoms with Gasteiger partial charge in [-0.2, -0.15) is 10.5 Å². The SMILES string of the molecule is N#CC(C#N)=C1CSC(N)=N1. The van der Waals surface area contributed by atoms with Gasteiger partial charge in [0, 0.05) is 5.75 Å². The lowest BCUT2D eigenvalue weighted by molar-refractivity contribution is 1.30. The van der Waals surface area contributed by atoms with Gasteiger partial charge in [-0.1, -0.05) is 11.8 Å². The van der Waals surface area contributed by atoms with Gasteiger partial charge in [-0.05, 0) is 0 Å². The Bertz CT molecular complexity index is 298. The third-order valence-corrected chi connectivity index (χ3v) is 1.92. The molecule has 0 unspecified atom stereocenters. The van der Waals surface area contributed by atoms with Gasteiger partial charge in [0.2, 0.25) is 0 Å². The number of nitrogens with zero attached hydrogens (tertiary/aromatic N) is 3. The van der Waals surface area contributed by atoms with Crippen LogP contribution in [0.1, 0.15) is 0 Å². The molecule has 0 saturated carbocycles. The lowest BCUT2D eigenvalue weighted by atomic mass is 10.3. The third-order valence-electron chi connectivity index (χ3n) is 1.11. The average molecular weight is 164 g/mol. The first-order valence-corrected chi connectivity index (χ1v) is 3.77. The van der Waals surface area contributed by atoms with E-state index in [0.29, 0.717) is 16.6 Å². The van der Waals surface area contributed by atoms with Crippen LogP contribution in [0.15, 0.2) is 16.3 Å². The maximum Gasteiger partial charge on any atom is 0.159 e. The van der Waals surface area contributed by atoms with Crippen molar-refractivity contribution in [3.63, 3.8) is 0 Å². The van der Waals surface area contributed by atoms with Crippen LogP contribution in [-0.2, 0) is 0 Å². The second-order valence-corrected chi connectivity index (χ2v) is 2.78. The number of nitrogens with two attached hydrogens (primary N) is 1. The van der Waals surface area contributed by atoms with Crippen molar-refractivity contribution < 1.29 is 0 Å². The van der Waals surface area contributed by atoms with Crippen LogP contribution >= 0.6 is 11.8 Å². The largest absolute Gasteiger partial charge is 0.378 e. The van der Waals surface area contributed by atoms with E-state index in [0.717, 1.165) is 0 Å². The Kier molecular flexibility index (Phi) is 2.15. The smallest absolute Gasteiger partial charge is 0.159 e. The van der Waals surface area contributed by atoms with Crippen LogP contribution in [0.4, 0.5) is 0 Å². The normalized spacial score (nSPS) is 15.1. The minimum Gasteiger partial charge on any atom is -0.378 e. The molecule has 0 aromatic heterocycles. The van der Waals surface area contributed by atoms with Gasteiger partial charge in [-0.25, -0.2) is 4.99 Å². The number of rotatable bonds is 0. The molecule has 0 aromatic rings. The van der Waals surface area contributed by atoms with Crippen LogP contribution in [0.3, 0.4) is 0 Å². The molecule has 11 heavy (non-hydrogen) atoms. The van der Waals surface area contributed by atoms with E-state index in [-0.39, 0.29) is 5.57 Å². The Morgan fingerprint density at radius 1 is 1.55 bits per heavy atom. The quantitative estimate of drug-likeness (QED) is 0.523. The second kappa shape index (κ2) is 3.09. The van der Waals surface area contributed by atoms with Gasteiger partial charge in [0.05, 0.1) is 5.70 Å². The fourth-order valence-electron chi connectivity index (χ4n) is 0.622. The maximum absolute atomic E-state index is 8.42. The molecule has 0 amide bonds. The van der Waals surface area contributed by atoms with Gasteiger partial charge in [0.25, 0.3) is 0 Å². The average Bonchev–Trinajstić information content (AvgIpc) is 2.39. The molecule has 0 saturated heterocycles. The fraction of sp³-hybridized carbons (Fsp3) is 0.167. The molecule has 0 spiro atoms. The molecule has 1 rings (SSSR count). The molecule has 4 nitrogen and oxygen atoms in total. The van der Waals surface area contributed by atoms with Crippen LogP contribution in [-0.4, -0.2) is 10.9 Å². The van der Waals surface area contributed by atoms with E-state index < -0.39 is 0 Å². The van der Waals surface area contributed by atoms with Crippen molar-refractivity contribution in [2.45, 2.75) is 0 Å². The van der Waals surface area contributed by atoms with Crippen molar-refractivity contribution in [1.29, 1.82) is 10.5 Å². The summed E-state index contributed by atoms with van der Waals surface area (Å²) >= 11 is 1.33. The van der Waals surface area contributed by atoms with Crippen molar-refractivity contribution in [1.82, 2.24) is 0 Å². The van der Waals surface area contributed by atoms with Gasteiger partial charge in [0.1, 0.15) is 12.1 Å². The molecular formula is C6H4N4S. The summed E-state index contributed by atoms with van der Waals surface area (Å²) in [6, 6.07) is 3.51. The summed E-state index contributed by atoms with van der Waals surface area (Å²) in [5.74, 6) is 0.530. The van der Waals surface area contributed by atoms with Crippen molar-refractivity contribution in [2.24, 2.45) is 10.7 Å². The molecule has 0 atom stereocenters. The minimum absolute atomic E-state index is 0.0537. The topological polar surface area (TPSA) is 86.0 Å². The van der Waals surface area contributed by atoms with E-state index in [1.54, 1.807) is 12.1 Å². The Morgan fingerprint density at radius 2 is 2.18 bits per heavy atom. The summed E-state index contributed by atoms with van der Waals surface area (Å²) in [5.41, 5.74) is 5.87. The predicted octanol–water partition coefficient (Wildman–Crippen LogP) is 0.349. The van der Waals surface area contributed by atoms with Crippen molar-refractivity contribution in [3.8, 4) is 12.1 Å². The summed E-state index contributed by atoms with van der Waals surface area (Å²) in [6.45, 7) is 0. The van der Waals surface area contributed by atoms with E-state index in [1.165, 1.54) is 11.8 Å². The molecule has 1 heterocycles. The molecule has 1 aliphatic rings. The molecule has 0 aliphatic carbocycles. The molecule has 0 fully saturated rings. The lowest BCUT2D eigenvalue weighted by Crippen LogP contribution is -2.00. The Morgan fingerprint density at radius 3 is 2.55 bits per heavy atom. The molecule has 1 aliphatic heterocycles. The number of nitriles is 2. The highest BCUT2D eigenvalue weighted by Gasteiger charge is 2.13. The van der Waals surface area contributed by atoms with Crippen LogP contribution in [0.25, 0.3) is 0 Å². The molecule has 5 heteroatoms. The Labute approximate surface area is 68.0 Å². The number of amidine groups is 1. The maximum atomic E-state index is 8.42. The molecule has 2 N–H and O–H groups in total. The van der Waals surface area contributed by atoms with Gasteiger partial charge < -0.3 is 5.73 Å². The molecule has 0 bridgehead atoms. The highest BCUT2D eigenvalue weighted by molar-refractivity contribution is 8.14. The number of hydrogen-bond donors (Lipinski definition) is 1. The Hall–Kier alpha value is -1.46. The second-order valence-electron chi connectivity index (χ2n) is 1.78. The van der Waals surface area contributed by atoms with Gasteiger partial charge in [0.15, 0.2) is 10.7 Å². The van der Waals surface area contributed by atoms with Crippen LogP contribution < -0.4 is 5.73 Å². The molecular weight excluding hydrogens is 160 g/mol. The van der Waals surface area contributed by atoms with E-state index >= 15 is 0 Å². The highest BCUT2D eigenvalue weighted by atomic mass is 32.2. The summed E-state index contributed by atoms with van der Waals surface area (Å²) < 4.78 is 0. The summed E-state index contributed by atoms with van der Waals surface area (Å²) in [4.78, 5) is 3.82. The zero-order valence-electron chi connectivity index (χ0n) is 5.53. The predicted molar refractivity (Wildman–Crippen MR) is 42.3 cm³/mol. The number of hydrogen-bond acceptors (Lipinski definition) is 5. The van der Waals surface area contributed by atoms with Crippen LogP contribution in [0.2, 0.25) is 0 Å². The van der Waals surface area contributed by atoms with Gasteiger partial charge in [-0.3, -0.25) is 0 Å². The van der Waals surface area contributed by atoms with E-state index in [4.69, 9.17) is 16.3 Å². The third kappa shape index (κ3) is 1.51. The summed E-state index contributed by atoms with van der Waals surface area (Å²) in [6.07, 6.45) is 0. The fourth-order valence-corrected chi connectivity index (χ4v) is 1.29. The first-order valence-electron chi connectivity index (χ1n) is 2.78. The summed E-state index contributed by atoms with van der Waals surface area (Å²) in [7, 11) is 0. The number of thioether (sulfide) groups is 1. The first-order chi connectivity index (χ1) is 5.27. The van der Waals surface area contributed by atoms with E-state index in [2.05, 4.69) is 4.99 Å². The zero-order chi connectivity index (χ0) is 8.27. The minimum atomic E-state index is 0.0537. The van der Waals surface area contributed by atoms with Crippen LogP contribution in [0.5, 0.6) is 0 Å². The van der Waals surface area contributed by atoms with Crippen molar-refractivity contribution in [3.05, 3.63) is 11.3 Å². The monoisotopic (exact) mass is 164 g/mol. The van der Waals surface area contributed by atoms with Crippen molar-refractivity contribution >= 4 is 16.9 Å². The number of aliphatic imine (C=N–C) groups is 1. The van der Waals surface area contributed by atoms with Crippen LogP contribution in [0, 0.1) is 22.7 Å². The van der Waals surface area contributed by atoms with Gasteiger partial charge >= 0.3 is 0 Å². The molecule has 0 radical (unpaired) electrons. The van der Waals surface area contributed by atoms with Crippen molar-refractivity contribution in [2.75, 3.05) is 5.75 Å². The molecule has 54 valence electrons. The summed E-state index contributed by atoms with van der Waals surface area (Å²) in [5, 5.41) is 17.3. The highest BCUT2D eigenvalue weighted by Crippen LogP contribution is 2.20. The van der Waals surface area contributed by atoms with E-state index in [1.807, 2.05) is 0 Å². The standard InChI is InChI=1S/C6H4N4S/c7-1-4(2-8)5-3-11-6(9)10-5/h3H2,(H2,9,10). The zero-order valence-corrected chi connectivity index (χ0v) is 6.35. The number of allylic oxidation sites excluding steroid dienone is 1. The molecule has 0 aromatic carbocycles. The first kappa shape index (κ1) is 7.64. The Balaban J connectivity index is 3.02.